The van der Waals surface area contributed by atoms with E-state index in [0.717, 1.165) is 11.1 Å². The molecule has 0 aliphatic carbocycles. The number of nitriles is 2. The fraction of sp³-hybridized carbons (Fsp3) is 0.385. The minimum Gasteiger partial charge on any atom is -0.329 e. The minimum absolute atomic E-state index is 0.0748. The normalized spacial score (nSPS) is 11.8. The van der Waals surface area contributed by atoms with Crippen molar-refractivity contribution in [1.82, 2.24) is 4.90 Å². The van der Waals surface area contributed by atoms with Crippen LogP contribution in [0.1, 0.15) is 17.2 Å². The Kier molecular flexibility index (Phi) is 5.16. The summed E-state index contributed by atoms with van der Waals surface area (Å²) < 4.78 is 0. The predicted octanol–water partition coefficient (Wildman–Crippen LogP) is 1.34. The van der Waals surface area contributed by atoms with E-state index in [1.54, 1.807) is 4.90 Å². The largest absolute Gasteiger partial charge is 0.329 e. The van der Waals surface area contributed by atoms with Crippen molar-refractivity contribution in [2.24, 2.45) is 5.73 Å². The smallest absolute Gasteiger partial charge is 0.0879 e. The van der Waals surface area contributed by atoms with Gasteiger partial charge < -0.3 is 5.73 Å². The highest BCUT2D eigenvalue weighted by Gasteiger charge is 2.18. The van der Waals surface area contributed by atoms with Gasteiger partial charge in [0, 0.05) is 12.6 Å². The van der Waals surface area contributed by atoms with Crippen molar-refractivity contribution < 1.29 is 0 Å². The summed E-state index contributed by atoms with van der Waals surface area (Å²) in [6.07, 6.45) is 0. The third kappa shape index (κ3) is 3.57. The molecule has 0 saturated heterocycles. The van der Waals surface area contributed by atoms with Crippen LogP contribution in [0.4, 0.5) is 0 Å². The molecule has 1 rings (SSSR count). The lowest BCUT2D eigenvalue weighted by molar-refractivity contribution is 0.254. The third-order valence-electron chi connectivity index (χ3n) is 2.64. The zero-order valence-electron chi connectivity index (χ0n) is 9.93. The van der Waals surface area contributed by atoms with Crippen molar-refractivity contribution in [3.05, 3.63) is 35.4 Å². The third-order valence-corrected chi connectivity index (χ3v) is 2.64. The van der Waals surface area contributed by atoms with Crippen LogP contribution in [0.15, 0.2) is 24.3 Å². The average Bonchev–Trinajstić information content (AvgIpc) is 2.31. The summed E-state index contributed by atoms with van der Waals surface area (Å²) in [5, 5.41) is 17.5. The molecule has 1 aromatic carbocycles. The summed E-state index contributed by atoms with van der Waals surface area (Å²) in [6, 6.07) is 12.1. The molecule has 17 heavy (non-hydrogen) atoms. The number of aryl methyl sites for hydroxylation is 1. The molecule has 0 aromatic heterocycles. The minimum atomic E-state index is -0.0748. The maximum atomic E-state index is 8.77. The molecular formula is C13H16N4. The summed E-state index contributed by atoms with van der Waals surface area (Å²) in [5.74, 6) is 0. The summed E-state index contributed by atoms with van der Waals surface area (Å²) in [6.45, 7) is 2.83. The van der Waals surface area contributed by atoms with Gasteiger partial charge in [0.15, 0.2) is 0 Å². The molecule has 0 amide bonds. The lowest BCUT2D eigenvalue weighted by Crippen LogP contribution is -2.34. The van der Waals surface area contributed by atoms with E-state index in [4.69, 9.17) is 16.3 Å². The van der Waals surface area contributed by atoms with Crippen molar-refractivity contribution in [2.45, 2.75) is 13.0 Å². The van der Waals surface area contributed by atoms with E-state index in [2.05, 4.69) is 12.1 Å². The Morgan fingerprint density at radius 3 is 2.41 bits per heavy atom. The van der Waals surface area contributed by atoms with Crippen LogP contribution in [0, 0.1) is 29.6 Å². The van der Waals surface area contributed by atoms with Crippen molar-refractivity contribution in [2.75, 3.05) is 19.6 Å². The molecule has 0 fully saturated rings. The Balaban J connectivity index is 2.96. The topological polar surface area (TPSA) is 76.8 Å². The maximum absolute atomic E-state index is 8.77. The summed E-state index contributed by atoms with van der Waals surface area (Å²) in [5.41, 5.74) is 7.96. The first-order valence-electron chi connectivity index (χ1n) is 5.47. The number of hydrogen-bond acceptors (Lipinski definition) is 4. The van der Waals surface area contributed by atoms with Crippen molar-refractivity contribution in [3.63, 3.8) is 0 Å². The van der Waals surface area contributed by atoms with E-state index in [1.165, 1.54) is 0 Å². The van der Waals surface area contributed by atoms with Gasteiger partial charge in [0.2, 0.25) is 0 Å². The van der Waals surface area contributed by atoms with E-state index in [9.17, 15) is 0 Å². The molecule has 0 aliphatic heterocycles. The fourth-order valence-electron chi connectivity index (χ4n) is 1.83. The molecule has 0 heterocycles. The van der Waals surface area contributed by atoms with Gasteiger partial charge in [-0.3, -0.25) is 4.90 Å². The first-order valence-corrected chi connectivity index (χ1v) is 5.47. The molecule has 88 valence electrons. The van der Waals surface area contributed by atoms with Crippen LogP contribution in [0.25, 0.3) is 0 Å². The lowest BCUT2D eigenvalue weighted by Gasteiger charge is -2.26. The van der Waals surface area contributed by atoms with E-state index >= 15 is 0 Å². The van der Waals surface area contributed by atoms with Crippen molar-refractivity contribution in [3.8, 4) is 12.1 Å². The van der Waals surface area contributed by atoms with Crippen LogP contribution in [-0.2, 0) is 0 Å². The summed E-state index contributed by atoms with van der Waals surface area (Å²) in [4.78, 5) is 1.79. The predicted molar refractivity (Wildman–Crippen MR) is 65.8 cm³/mol. The standard InChI is InChI=1S/C13H16N4/c1-11-3-2-4-12(9-11)13(10-16)17(7-5-14)8-6-15/h2-4,9,13H,7-8,10,16H2,1H3. The van der Waals surface area contributed by atoms with E-state index in [0.29, 0.717) is 6.54 Å². The van der Waals surface area contributed by atoms with E-state index in [1.807, 2.05) is 31.2 Å². The number of nitrogens with zero attached hydrogens (tertiary/aromatic N) is 3. The van der Waals surface area contributed by atoms with Gasteiger partial charge in [0.1, 0.15) is 0 Å². The molecule has 0 saturated carbocycles. The Morgan fingerprint density at radius 1 is 1.29 bits per heavy atom. The molecule has 1 aromatic rings. The molecule has 4 nitrogen and oxygen atoms in total. The van der Waals surface area contributed by atoms with E-state index < -0.39 is 0 Å². The Labute approximate surface area is 102 Å². The lowest BCUT2D eigenvalue weighted by atomic mass is 10.0. The first kappa shape index (κ1) is 13.2. The number of nitrogens with two attached hydrogens (primary N) is 1. The molecule has 1 atom stereocenters. The molecule has 1 unspecified atom stereocenters. The second-order valence-electron chi connectivity index (χ2n) is 3.89. The first-order chi connectivity index (χ1) is 8.22. The van der Waals surface area contributed by atoms with E-state index in [-0.39, 0.29) is 19.1 Å². The molecule has 0 aliphatic rings. The second-order valence-corrected chi connectivity index (χ2v) is 3.89. The summed E-state index contributed by atoms with van der Waals surface area (Å²) >= 11 is 0. The van der Waals surface area contributed by atoms with Crippen LogP contribution in [0.2, 0.25) is 0 Å². The average molecular weight is 228 g/mol. The van der Waals surface area contributed by atoms with Gasteiger partial charge in [-0.15, -0.1) is 0 Å². The van der Waals surface area contributed by atoms with Gasteiger partial charge in [-0.1, -0.05) is 29.8 Å². The van der Waals surface area contributed by atoms with Gasteiger partial charge in [0.25, 0.3) is 0 Å². The quantitative estimate of drug-likeness (QED) is 0.771. The number of benzene rings is 1. The second kappa shape index (κ2) is 6.65. The molecular weight excluding hydrogens is 212 g/mol. The Bertz CT molecular complexity index is 425. The summed E-state index contributed by atoms with van der Waals surface area (Å²) in [7, 11) is 0. The highest BCUT2D eigenvalue weighted by atomic mass is 15.2. The SMILES string of the molecule is Cc1cccc(C(CN)N(CC#N)CC#N)c1. The number of rotatable bonds is 5. The molecule has 0 spiro atoms. The number of hydrogen-bond donors (Lipinski definition) is 1. The maximum Gasteiger partial charge on any atom is 0.0879 e. The van der Waals surface area contributed by atoms with Crippen molar-refractivity contribution >= 4 is 0 Å². The van der Waals surface area contributed by atoms with Crippen LogP contribution in [0.5, 0.6) is 0 Å². The van der Waals surface area contributed by atoms with Gasteiger partial charge in [-0.25, -0.2) is 0 Å². The highest BCUT2D eigenvalue weighted by molar-refractivity contribution is 5.25. The fourth-order valence-corrected chi connectivity index (χ4v) is 1.83. The van der Waals surface area contributed by atoms with Gasteiger partial charge >= 0.3 is 0 Å². The molecule has 2 N–H and O–H groups in total. The Morgan fingerprint density at radius 2 is 1.94 bits per heavy atom. The van der Waals surface area contributed by atoms with Gasteiger partial charge in [0.05, 0.1) is 25.2 Å². The van der Waals surface area contributed by atoms with Crippen LogP contribution in [0.3, 0.4) is 0 Å². The molecule has 4 heteroatoms. The van der Waals surface area contributed by atoms with Crippen LogP contribution >= 0.6 is 0 Å². The van der Waals surface area contributed by atoms with Crippen molar-refractivity contribution in [1.29, 1.82) is 10.5 Å². The van der Waals surface area contributed by atoms with Gasteiger partial charge in [-0.05, 0) is 12.5 Å². The van der Waals surface area contributed by atoms with Gasteiger partial charge in [-0.2, -0.15) is 10.5 Å². The van der Waals surface area contributed by atoms with Crippen LogP contribution in [-0.4, -0.2) is 24.5 Å². The highest BCUT2D eigenvalue weighted by Crippen LogP contribution is 2.19. The van der Waals surface area contributed by atoms with Crippen LogP contribution < -0.4 is 5.73 Å². The zero-order chi connectivity index (χ0) is 12.7. The zero-order valence-corrected chi connectivity index (χ0v) is 9.93. The monoisotopic (exact) mass is 228 g/mol. The molecule has 0 bridgehead atoms. The Hall–Kier alpha value is -1.88. The molecule has 0 radical (unpaired) electrons.